The molecule has 0 spiro atoms. The molecule has 0 bridgehead atoms. The van der Waals surface area contributed by atoms with E-state index in [1.807, 2.05) is 37.3 Å². The van der Waals surface area contributed by atoms with Crippen molar-refractivity contribution in [2.45, 2.75) is 35.6 Å². The lowest BCUT2D eigenvalue weighted by molar-refractivity contribution is -0.113. The van der Waals surface area contributed by atoms with Crippen LogP contribution >= 0.6 is 11.8 Å². The van der Waals surface area contributed by atoms with Crippen molar-refractivity contribution in [2.24, 2.45) is 0 Å². The number of carbonyl (C=O) groups is 2. The van der Waals surface area contributed by atoms with E-state index in [2.05, 4.69) is 15.5 Å². The van der Waals surface area contributed by atoms with Crippen molar-refractivity contribution >= 4 is 39.2 Å². The first-order chi connectivity index (χ1) is 18.9. The van der Waals surface area contributed by atoms with Gasteiger partial charge in [0.25, 0.3) is 0 Å². The molecule has 4 rings (SSSR count). The van der Waals surface area contributed by atoms with Gasteiger partial charge >= 0.3 is 5.97 Å². The van der Waals surface area contributed by atoms with E-state index in [0.717, 1.165) is 24.6 Å². The minimum atomic E-state index is -3.66. The van der Waals surface area contributed by atoms with Crippen molar-refractivity contribution in [2.75, 3.05) is 17.7 Å². The molecule has 0 unspecified atom stereocenters. The quantitative estimate of drug-likeness (QED) is 0.146. The van der Waals surface area contributed by atoms with Crippen LogP contribution in [-0.4, -0.2) is 47.4 Å². The third-order valence-electron chi connectivity index (χ3n) is 5.60. The largest absolute Gasteiger partial charge is 0.462 e. The van der Waals surface area contributed by atoms with Gasteiger partial charge in [-0.3, -0.25) is 9.36 Å². The first-order valence-corrected chi connectivity index (χ1v) is 15.0. The average molecular weight is 565 g/mol. The molecule has 4 aromatic rings. The van der Waals surface area contributed by atoms with Crippen LogP contribution in [0.15, 0.2) is 95.0 Å². The molecule has 0 saturated carbocycles. The minimum Gasteiger partial charge on any atom is -0.462 e. The molecular formula is C28H28N4O5S2. The number of hydrogen-bond acceptors (Lipinski definition) is 8. The van der Waals surface area contributed by atoms with Gasteiger partial charge in [0.05, 0.1) is 22.8 Å². The van der Waals surface area contributed by atoms with Gasteiger partial charge in [-0.2, -0.15) is 0 Å². The summed E-state index contributed by atoms with van der Waals surface area (Å²) in [6.07, 6.45) is 1.74. The number of aromatic nitrogens is 3. The van der Waals surface area contributed by atoms with Gasteiger partial charge in [-0.05, 0) is 55.0 Å². The van der Waals surface area contributed by atoms with Crippen molar-refractivity contribution in [3.63, 3.8) is 0 Å². The molecule has 11 heteroatoms. The van der Waals surface area contributed by atoms with Crippen molar-refractivity contribution in [1.82, 2.24) is 14.8 Å². The number of hydrogen-bond donors (Lipinski definition) is 1. The standard InChI is InChI=1S/C28H28N4O5S2/c1-2-3-18-37-27(34)21-14-16-22(17-15-21)29-26(33)19-38-28-31-30-25(32(28)23-10-6-4-7-11-23)20-39(35,36)24-12-8-5-9-13-24/h4-17H,2-3,18-20H2,1H3,(H,29,33). The molecule has 1 heterocycles. The van der Waals surface area contributed by atoms with E-state index in [0.29, 0.717) is 28.7 Å². The van der Waals surface area contributed by atoms with Crippen LogP contribution in [0.3, 0.4) is 0 Å². The number of anilines is 1. The van der Waals surface area contributed by atoms with Crippen LogP contribution in [0.1, 0.15) is 35.9 Å². The number of benzene rings is 3. The second kappa shape index (κ2) is 13.2. The molecule has 0 radical (unpaired) electrons. The van der Waals surface area contributed by atoms with Crippen LogP contribution in [-0.2, 0) is 25.1 Å². The van der Waals surface area contributed by atoms with Gasteiger partial charge in [0.2, 0.25) is 5.91 Å². The van der Waals surface area contributed by atoms with Crippen LogP contribution in [0.4, 0.5) is 5.69 Å². The third-order valence-corrected chi connectivity index (χ3v) is 8.16. The molecular weight excluding hydrogens is 536 g/mol. The number of ether oxygens (including phenoxy) is 1. The Morgan fingerprint density at radius 2 is 1.59 bits per heavy atom. The number of sulfone groups is 1. The lowest BCUT2D eigenvalue weighted by Crippen LogP contribution is -2.15. The monoisotopic (exact) mass is 564 g/mol. The molecule has 1 aromatic heterocycles. The van der Waals surface area contributed by atoms with Gasteiger partial charge in [-0.1, -0.05) is 61.5 Å². The molecule has 0 aliphatic rings. The fourth-order valence-electron chi connectivity index (χ4n) is 3.61. The second-order valence-corrected chi connectivity index (χ2v) is 11.5. The summed E-state index contributed by atoms with van der Waals surface area (Å²) in [5, 5.41) is 11.5. The summed E-state index contributed by atoms with van der Waals surface area (Å²) >= 11 is 1.14. The Balaban J connectivity index is 1.44. The summed E-state index contributed by atoms with van der Waals surface area (Å²) < 4.78 is 32.9. The first kappa shape index (κ1) is 28.1. The number of amides is 1. The predicted octanol–water partition coefficient (Wildman–Crippen LogP) is 4.93. The Hall–Kier alpha value is -3.96. The topological polar surface area (TPSA) is 120 Å². The zero-order valence-corrected chi connectivity index (χ0v) is 23.0. The number of nitrogens with one attached hydrogen (secondary N) is 1. The zero-order chi connectivity index (χ0) is 27.7. The highest BCUT2D eigenvalue weighted by atomic mass is 32.2. The highest BCUT2D eigenvalue weighted by molar-refractivity contribution is 7.99. The van der Waals surface area contributed by atoms with E-state index in [9.17, 15) is 18.0 Å². The van der Waals surface area contributed by atoms with Crippen molar-refractivity contribution in [3.05, 3.63) is 96.3 Å². The number of nitrogens with zero attached hydrogens (tertiary/aromatic N) is 3. The molecule has 1 amide bonds. The van der Waals surface area contributed by atoms with Gasteiger partial charge < -0.3 is 10.1 Å². The fraction of sp³-hybridized carbons (Fsp3) is 0.214. The maximum absolute atomic E-state index is 13.0. The number of unbranched alkanes of at least 4 members (excludes halogenated alkanes) is 1. The Bertz CT molecular complexity index is 1510. The summed E-state index contributed by atoms with van der Waals surface area (Å²) in [4.78, 5) is 24.9. The molecule has 202 valence electrons. The van der Waals surface area contributed by atoms with E-state index in [1.54, 1.807) is 59.2 Å². The third kappa shape index (κ3) is 7.55. The first-order valence-electron chi connectivity index (χ1n) is 12.3. The van der Waals surface area contributed by atoms with E-state index < -0.39 is 15.8 Å². The number of esters is 1. The SMILES string of the molecule is CCCCOC(=O)c1ccc(NC(=O)CSc2nnc(CS(=O)(=O)c3ccccc3)n2-c2ccccc2)cc1. The normalized spacial score (nSPS) is 11.2. The second-order valence-electron chi connectivity index (χ2n) is 8.55. The average Bonchev–Trinajstić information content (AvgIpc) is 3.35. The molecule has 0 atom stereocenters. The van der Waals surface area contributed by atoms with Gasteiger partial charge in [-0.15, -0.1) is 10.2 Å². The molecule has 0 fully saturated rings. The van der Waals surface area contributed by atoms with E-state index in [-0.39, 0.29) is 28.1 Å². The smallest absolute Gasteiger partial charge is 0.338 e. The van der Waals surface area contributed by atoms with Gasteiger partial charge in [0, 0.05) is 11.4 Å². The molecule has 1 N–H and O–H groups in total. The number of carbonyl (C=O) groups excluding carboxylic acids is 2. The lowest BCUT2D eigenvalue weighted by Gasteiger charge is -2.11. The highest BCUT2D eigenvalue weighted by Gasteiger charge is 2.23. The predicted molar refractivity (Wildman–Crippen MR) is 150 cm³/mol. The Morgan fingerprint density at radius 1 is 0.923 bits per heavy atom. The Kier molecular flexibility index (Phi) is 9.50. The number of thioether (sulfide) groups is 1. The van der Waals surface area contributed by atoms with Crippen LogP contribution in [0, 0.1) is 0 Å². The van der Waals surface area contributed by atoms with Crippen LogP contribution in [0.2, 0.25) is 0 Å². The number of rotatable bonds is 12. The summed E-state index contributed by atoms with van der Waals surface area (Å²) in [5.74, 6) is -0.785. The van der Waals surface area contributed by atoms with Crippen LogP contribution < -0.4 is 5.32 Å². The van der Waals surface area contributed by atoms with E-state index >= 15 is 0 Å². The van der Waals surface area contributed by atoms with Crippen molar-refractivity contribution < 1.29 is 22.7 Å². The molecule has 0 aliphatic heterocycles. The summed E-state index contributed by atoms with van der Waals surface area (Å²) in [5.41, 5.74) is 1.63. The Morgan fingerprint density at radius 3 is 2.26 bits per heavy atom. The van der Waals surface area contributed by atoms with E-state index in [1.165, 1.54) is 0 Å². The van der Waals surface area contributed by atoms with Gasteiger partial charge in [0.1, 0.15) is 5.75 Å². The molecule has 0 saturated heterocycles. The summed E-state index contributed by atoms with van der Waals surface area (Å²) in [7, 11) is -3.66. The Labute approximate surface area is 231 Å². The zero-order valence-electron chi connectivity index (χ0n) is 21.3. The number of para-hydroxylation sites is 1. The molecule has 0 aliphatic carbocycles. The van der Waals surface area contributed by atoms with Crippen LogP contribution in [0.5, 0.6) is 0 Å². The summed E-state index contributed by atoms with van der Waals surface area (Å²) in [6, 6.07) is 23.8. The molecule has 3 aromatic carbocycles. The molecule has 9 nitrogen and oxygen atoms in total. The molecule has 39 heavy (non-hydrogen) atoms. The fourth-order valence-corrected chi connectivity index (χ4v) is 5.65. The summed E-state index contributed by atoms with van der Waals surface area (Å²) in [6.45, 7) is 2.39. The van der Waals surface area contributed by atoms with Crippen LogP contribution in [0.25, 0.3) is 5.69 Å². The van der Waals surface area contributed by atoms with Gasteiger partial charge in [0.15, 0.2) is 20.8 Å². The van der Waals surface area contributed by atoms with E-state index in [4.69, 9.17) is 4.74 Å². The van der Waals surface area contributed by atoms with Crippen molar-refractivity contribution in [3.8, 4) is 5.69 Å². The highest BCUT2D eigenvalue weighted by Crippen LogP contribution is 2.25. The maximum atomic E-state index is 13.0. The lowest BCUT2D eigenvalue weighted by atomic mass is 10.2. The minimum absolute atomic E-state index is 0.0111. The van der Waals surface area contributed by atoms with Crippen molar-refractivity contribution in [1.29, 1.82) is 0 Å². The maximum Gasteiger partial charge on any atom is 0.338 e. The van der Waals surface area contributed by atoms with Gasteiger partial charge in [-0.25, -0.2) is 13.2 Å².